The molecule has 0 atom stereocenters. The lowest BCUT2D eigenvalue weighted by molar-refractivity contribution is -0.115. The molecule has 0 bridgehead atoms. The van der Waals surface area contributed by atoms with Gasteiger partial charge in [0.2, 0.25) is 5.91 Å². The van der Waals surface area contributed by atoms with Gasteiger partial charge < -0.3 is 5.32 Å². The molecule has 0 saturated heterocycles. The summed E-state index contributed by atoms with van der Waals surface area (Å²) in [6.07, 6.45) is 0.229. The molecule has 1 amide bonds. The van der Waals surface area contributed by atoms with Crippen LogP contribution in [0, 0.1) is 11.3 Å². The third-order valence-electron chi connectivity index (χ3n) is 5.03. The molecular weight excluding hydrogens is 485 g/mol. The molecule has 1 heterocycles. The lowest BCUT2D eigenvalue weighted by Gasteiger charge is -2.13. The molecule has 4 nitrogen and oxygen atoms in total. The number of pyridine rings is 1. The van der Waals surface area contributed by atoms with Gasteiger partial charge in [0.1, 0.15) is 11.1 Å². The van der Waals surface area contributed by atoms with Crippen molar-refractivity contribution in [1.29, 1.82) is 5.26 Å². The second kappa shape index (κ2) is 11.2. The van der Waals surface area contributed by atoms with Crippen molar-refractivity contribution < 1.29 is 4.79 Å². The standard InChI is InChI=1S/C27H19Cl2N3OS/c28-20-11-12-24(23(29)15-20)31-26(33)13-14-34-27-22(17-30)21(18-7-3-1-4-8-18)16-25(32-27)19-9-5-2-6-10-19/h1-12,15-16H,13-14H2,(H,31,33). The van der Waals surface area contributed by atoms with Crippen molar-refractivity contribution in [2.24, 2.45) is 0 Å². The van der Waals surface area contributed by atoms with Crippen molar-refractivity contribution in [3.63, 3.8) is 0 Å². The second-order valence-corrected chi connectivity index (χ2v) is 9.28. The summed E-state index contributed by atoms with van der Waals surface area (Å²) in [6, 6.07) is 28.8. The fourth-order valence-electron chi connectivity index (χ4n) is 3.38. The van der Waals surface area contributed by atoms with E-state index in [0.717, 1.165) is 22.4 Å². The Balaban J connectivity index is 1.58. The molecule has 1 aromatic heterocycles. The fourth-order valence-corrected chi connectivity index (χ4v) is 4.78. The summed E-state index contributed by atoms with van der Waals surface area (Å²) < 4.78 is 0. The van der Waals surface area contributed by atoms with Gasteiger partial charge in [0.15, 0.2) is 0 Å². The van der Waals surface area contributed by atoms with Gasteiger partial charge in [-0.25, -0.2) is 4.98 Å². The van der Waals surface area contributed by atoms with E-state index in [1.54, 1.807) is 18.2 Å². The number of benzene rings is 3. The van der Waals surface area contributed by atoms with Crippen LogP contribution >= 0.6 is 35.0 Å². The number of anilines is 1. The molecule has 0 saturated carbocycles. The zero-order valence-electron chi connectivity index (χ0n) is 18.0. The maximum absolute atomic E-state index is 12.5. The monoisotopic (exact) mass is 503 g/mol. The number of carbonyl (C=O) groups excluding carboxylic acids is 1. The molecule has 0 aliphatic rings. The Bertz CT molecular complexity index is 1360. The van der Waals surface area contributed by atoms with Crippen LogP contribution in [0.4, 0.5) is 5.69 Å². The number of hydrogen-bond donors (Lipinski definition) is 1. The molecule has 3 aromatic carbocycles. The summed E-state index contributed by atoms with van der Waals surface area (Å²) in [5.41, 5.74) is 4.50. The van der Waals surface area contributed by atoms with Gasteiger partial charge in [0.05, 0.1) is 22.0 Å². The summed E-state index contributed by atoms with van der Waals surface area (Å²) in [5.74, 6) is 0.267. The van der Waals surface area contributed by atoms with Crippen LogP contribution in [-0.2, 0) is 4.79 Å². The van der Waals surface area contributed by atoms with E-state index in [9.17, 15) is 10.1 Å². The number of nitriles is 1. The Morgan fingerprint density at radius 3 is 2.26 bits per heavy atom. The third-order valence-corrected chi connectivity index (χ3v) is 6.55. The predicted octanol–water partition coefficient (Wildman–Crippen LogP) is 7.71. The number of halogens is 2. The third kappa shape index (κ3) is 5.78. The first kappa shape index (κ1) is 23.8. The molecule has 0 fully saturated rings. The van der Waals surface area contributed by atoms with Crippen molar-refractivity contribution in [3.05, 3.63) is 101 Å². The Labute approximate surface area is 212 Å². The summed E-state index contributed by atoms with van der Waals surface area (Å²) in [5, 5.41) is 14.2. The Morgan fingerprint density at radius 1 is 0.941 bits per heavy atom. The van der Waals surface area contributed by atoms with E-state index in [0.29, 0.717) is 32.1 Å². The van der Waals surface area contributed by atoms with Gasteiger partial charge in [0, 0.05) is 28.3 Å². The topological polar surface area (TPSA) is 65.8 Å². The van der Waals surface area contributed by atoms with Crippen LogP contribution < -0.4 is 5.32 Å². The molecule has 0 aliphatic carbocycles. The van der Waals surface area contributed by atoms with Gasteiger partial charge in [-0.1, -0.05) is 83.9 Å². The molecular formula is C27H19Cl2N3OS. The van der Waals surface area contributed by atoms with E-state index in [1.165, 1.54) is 11.8 Å². The SMILES string of the molecule is N#Cc1c(-c2ccccc2)cc(-c2ccccc2)nc1SCCC(=O)Nc1ccc(Cl)cc1Cl. The number of hydrogen-bond acceptors (Lipinski definition) is 4. The van der Waals surface area contributed by atoms with E-state index in [1.807, 2.05) is 66.7 Å². The zero-order valence-corrected chi connectivity index (χ0v) is 20.3. The van der Waals surface area contributed by atoms with Crippen molar-refractivity contribution in [2.45, 2.75) is 11.4 Å². The van der Waals surface area contributed by atoms with Gasteiger partial charge in [0.25, 0.3) is 0 Å². The summed E-state index contributed by atoms with van der Waals surface area (Å²) in [4.78, 5) is 17.2. The Hall–Kier alpha value is -3.30. The number of rotatable bonds is 7. The zero-order chi connectivity index (χ0) is 23.9. The first-order valence-electron chi connectivity index (χ1n) is 10.5. The van der Waals surface area contributed by atoms with Gasteiger partial charge in [-0.2, -0.15) is 5.26 Å². The molecule has 0 radical (unpaired) electrons. The van der Waals surface area contributed by atoms with Crippen molar-refractivity contribution in [3.8, 4) is 28.5 Å². The van der Waals surface area contributed by atoms with Crippen molar-refractivity contribution >= 4 is 46.6 Å². The largest absolute Gasteiger partial charge is 0.325 e. The van der Waals surface area contributed by atoms with Crippen LogP contribution in [0.2, 0.25) is 10.0 Å². The van der Waals surface area contributed by atoms with Gasteiger partial charge in [-0.05, 0) is 29.8 Å². The quantitative estimate of drug-likeness (QED) is 0.262. The van der Waals surface area contributed by atoms with Crippen LogP contribution in [0.1, 0.15) is 12.0 Å². The molecule has 4 aromatic rings. The highest BCUT2D eigenvalue weighted by Crippen LogP contribution is 2.34. The average Bonchev–Trinajstić information content (AvgIpc) is 2.86. The normalized spacial score (nSPS) is 10.5. The summed E-state index contributed by atoms with van der Waals surface area (Å²) in [7, 11) is 0. The first-order valence-corrected chi connectivity index (χ1v) is 12.2. The molecule has 0 unspecified atom stereocenters. The highest BCUT2D eigenvalue weighted by molar-refractivity contribution is 7.99. The van der Waals surface area contributed by atoms with Crippen LogP contribution in [0.5, 0.6) is 0 Å². The maximum atomic E-state index is 12.5. The number of nitrogens with zero attached hydrogens (tertiary/aromatic N) is 2. The number of thioether (sulfide) groups is 1. The van der Waals surface area contributed by atoms with Crippen LogP contribution in [0.15, 0.2) is 90.0 Å². The van der Waals surface area contributed by atoms with Gasteiger partial charge in [-0.3, -0.25) is 4.79 Å². The minimum atomic E-state index is -0.183. The minimum absolute atomic E-state index is 0.183. The van der Waals surface area contributed by atoms with Crippen molar-refractivity contribution in [2.75, 3.05) is 11.1 Å². The lowest BCUT2D eigenvalue weighted by Crippen LogP contribution is -2.12. The number of amides is 1. The minimum Gasteiger partial charge on any atom is -0.325 e. The molecule has 7 heteroatoms. The van der Waals surface area contributed by atoms with E-state index >= 15 is 0 Å². The molecule has 34 heavy (non-hydrogen) atoms. The van der Waals surface area contributed by atoms with Crippen molar-refractivity contribution in [1.82, 2.24) is 4.98 Å². The highest BCUT2D eigenvalue weighted by atomic mass is 35.5. The van der Waals surface area contributed by atoms with E-state index < -0.39 is 0 Å². The Morgan fingerprint density at radius 2 is 1.62 bits per heavy atom. The molecule has 4 rings (SSSR count). The fraction of sp³-hybridized carbons (Fsp3) is 0.0741. The van der Waals surface area contributed by atoms with Gasteiger partial charge in [-0.15, -0.1) is 11.8 Å². The highest BCUT2D eigenvalue weighted by Gasteiger charge is 2.16. The number of aromatic nitrogens is 1. The van der Waals surface area contributed by atoms with E-state index in [-0.39, 0.29) is 12.3 Å². The first-order chi connectivity index (χ1) is 16.5. The molecule has 1 N–H and O–H groups in total. The average molecular weight is 504 g/mol. The van der Waals surface area contributed by atoms with Crippen LogP contribution in [0.3, 0.4) is 0 Å². The summed E-state index contributed by atoms with van der Waals surface area (Å²) >= 11 is 13.4. The molecule has 168 valence electrons. The predicted molar refractivity (Wildman–Crippen MR) is 140 cm³/mol. The van der Waals surface area contributed by atoms with E-state index in [4.69, 9.17) is 28.2 Å². The van der Waals surface area contributed by atoms with E-state index in [2.05, 4.69) is 11.4 Å². The molecule has 0 aliphatic heterocycles. The lowest BCUT2D eigenvalue weighted by atomic mass is 9.99. The number of carbonyl (C=O) groups is 1. The smallest absolute Gasteiger partial charge is 0.225 e. The van der Waals surface area contributed by atoms with Gasteiger partial charge >= 0.3 is 0 Å². The van der Waals surface area contributed by atoms with Crippen LogP contribution in [0.25, 0.3) is 22.4 Å². The maximum Gasteiger partial charge on any atom is 0.225 e. The Kier molecular flexibility index (Phi) is 7.87. The second-order valence-electron chi connectivity index (χ2n) is 7.35. The van der Waals surface area contributed by atoms with Crippen LogP contribution in [-0.4, -0.2) is 16.6 Å². The molecule has 0 spiro atoms. The summed E-state index contributed by atoms with van der Waals surface area (Å²) in [6.45, 7) is 0. The number of nitrogens with one attached hydrogen (secondary N) is 1.